The molecular formula is C18H16ClN5O3S2. The normalized spacial score (nSPS) is 10.8. The standard InChI is InChI=1S/C18H16ClN5O3S2/c1-27-17-10-16(20-11-21-17)24-29(25,26)15-7-5-13(6-8-15)22-18(28)23-14-4-2-3-12(19)9-14/h2-11H,1H3,(H,20,21,24)(H2,22,23,28). The summed E-state index contributed by atoms with van der Waals surface area (Å²) in [5.41, 5.74) is 1.35. The molecule has 0 fully saturated rings. The van der Waals surface area contributed by atoms with Gasteiger partial charge in [0, 0.05) is 22.5 Å². The maximum absolute atomic E-state index is 12.5. The molecule has 0 saturated heterocycles. The van der Waals surface area contributed by atoms with E-state index in [4.69, 9.17) is 28.6 Å². The minimum Gasteiger partial charge on any atom is -0.481 e. The molecule has 1 aromatic heterocycles. The molecule has 0 radical (unpaired) electrons. The van der Waals surface area contributed by atoms with Gasteiger partial charge in [0.1, 0.15) is 12.1 Å². The van der Waals surface area contributed by atoms with E-state index in [0.717, 1.165) is 5.69 Å². The number of sulfonamides is 1. The minimum absolute atomic E-state index is 0.0642. The Bertz CT molecular complexity index is 1120. The largest absolute Gasteiger partial charge is 0.481 e. The van der Waals surface area contributed by atoms with Gasteiger partial charge < -0.3 is 15.4 Å². The molecule has 0 unspecified atom stereocenters. The molecule has 3 N–H and O–H groups in total. The van der Waals surface area contributed by atoms with Gasteiger partial charge in [0.2, 0.25) is 5.88 Å². The van der Waals surface area contributed by atoms with E-state index in [-0.39, 0.29) is 16.6 Å². The van der Waals surface area contributed by atoms with Crippen molar-refractivity contribution < 1.29 is 13.2 Å². The molecule has 3 aromatic rings. The number of methoxy groups -OCH3 is 1. The highest BCUT2D eigenvalue weighted by Crippen LogP contribution is 2.19. The van der Waals surface area contributed by atoms with E-state index in [1.165, 1.54) is 31.6 Å². The van der Waals surface area contributed by atoms with Crippen LogP contribution in [-0.2, 0) is 10.0 Å². The first kappa shape index (κ1) is 20.8. The lowest BCUT2D eigenvalue weighted by Gasteiger charge is -2.12. The molecule has 0 aliphatic carbocycles. The highest BCUT2D eigenvalue weighted by Gasteiger charge is 2.15. The Hall–Kier alpha value is -2.95. The summed E-state index contributed by atoms with van der Waals surface area (Å²) in [6.45, 7) is 0. The third-order valence-corrected chi connectivity index (χ3v) is 5.40. The van der Waals surface area contributed by atoms with Crippen LogP contribution in [-0.4, -0.2) is 30.6 Å². The lowest BCUT2D eigenvalue weighted by atomic mass is 10.3. The Kier molecular flexibility index (Phi) is 6.47. The molecule has 0 saturated carbocycles. The average Bonchev–Trinajstić information content (AvgIpc) is 2.68. The first-order valence-electron chi connectivity index (χ1n) is 8.18. The number of benzene rings is 2. The number of nitrogens with zero attached hydrogens (tertiary/aromatic N) is 2. The first-order chi connectivity index (χ1) is 13.9. The highest BCUT2D eigenvalue weighted by atomic mass is 35.5. The van der Waals surface area contributed by atoms with Gasteiger partial charge in [0.15, 0.2) is 5.11 Å². The Morgan fingerprint density at radius 3 is 2.45 bits per heavy atom. The van der Waals surface area contributed by atoms with Gasteiger partial charge in [-0.2, -0.15) is 0 Å². The summed E-state index contributed by atoms with van der Waals surface area (Å²) in [4.78, 5) is 7.77. The summed E-state index contributed by atoms with van der Waals surface area (Å²) in [7, 11) is -2.40. The summed E-state index contributed by atoms with van der Waals surface area (Å²) in [5, 5.41) is 6.90. The van der Waals surface area contributed by atoms with Crippen LogP contribution in [0.15, 0.2) is 65.8 Å². The second-order valence-electron chi connectivity index (χ2n) is 5.66. The zero-order valence-electron chi connectivity index (χ0n) is 15.1. The number of ether oxygens (including phenoxy) is 1. The number of hydrogen-bond acceptors (Lipinski definition) is 6. The third kappa shape index (κ3) is 5.76. The summed E-state index contributed by atoms with van der Waals surface area (Å²) in [6, 6.07) is 14.6. The monoisotopic (exact) mass is 449 g/mol. The minimum atomic E-state index is -3.82. The Morgan fingerprint density at radius 1 is 1.03 bits per heavy atom. The number of aromatic nitrogens is 2. The van der Waals surface area contributed by atoms with Crippen molar-refractivity contribution in [3.8, 4) is 5.88 Å². The Morgan fingerprint density at radius 2 is 1.76 bits per heavy atom. The lowest BCUT2D eigenvalue weighted by Crippen LogP contribution is -2.19. The summed E-state index contributed by atoms with van der Waals surface area (Å²) >= 11 is 11.2. The fourth-order valence-electron chi connectivity index (χ4n) is 2.28. The van der Waals surface area contributed by atoms with Crippen molar-refractivity contribution in [2.75, 3.05) is 22.5 Å². The van der Waals surface area contributed by atoms with Crippen molar-refractivity contribution in [2.45, 2.75) is 4.90 Å². The van der Waals surface area contributed by atoms with E-state index in [0.29, 0.717) is 15.8 Å². The Labute approximate surface area is 178 Å². The molecule has 11 heteroatoms. The van der Waals surface area contributed by atoms with Gasteiger partial charge in [0.25, 0.3) is 10.0 Å². The van der Waals surface area contributed by atoms with Gasteiger partial charge in [-0.1, -0.05) is 17.7 Å². The number of rotatable bonds is 6. The fraction of sp³-hybridized carbons (Fsp3) is 0.0556. The maximum atomic E-state index is 12.5. The van der Waals surface area contributed by atoms with Gasteiger partial charge in [-0.15, -0.1) is 0 Å². The van der Waals surface area contributed by atoms with E-state index < -0.39 is 10.0 Å². The quantitative estimate of drug-likeness (QED) is 0.488. The van der Waals surface area contributed by atoms with Gasteiger partial charge in [-0.25, -0.2) is 18.4 Å². The summed E-state index contributed by atoms with van der Waals surface area (Å²) in [5.74, 6) is 0.351. The molecule has 0 amide bonds. The van der Waals surface area contributed by atoms with Crippen molar-refractivity contribution in [1.82, 2.24) is 9.97 Å². The van der Waals surface area contributed by atoms with Crippen molar-refractivity contribution in [3.63, 3.8) is 0 Å². The zero-order valence-corrected chi connectivity index (χ0v) is 17.5. The van der Waals surface area contributed by atoms with Crippen LogP contribution in [0, 0.1) is 0 Å². The van der Waals surface area contributed by atoms with Gasteiger partial charge in [-0.3, -0.25) is 4.72 Å². The van der Waals surface area contributed by atoms with Crippen LogP contribution in [0.4, 0.5) is 17.2 Å². The Balaban J connectivity index is 1.66. The van der Waals surface area contributed by atoms with Crippen LogP contribution in [0.1, 0.15) is 0 Å². The van der Waals surface area contributed by atoms with Crippen molar-refractivity contribution in [2.24, 2.45) is 0 Å². The van der Waals surface area contributed by atoms with Crippen LogP contribution >= 0.6 is 23.8 Å². The van der Waals surface area contributed by atoms with Gasteiger partial charge in [-0.05, 0) is 54.7 Å². The number of hydrogen-bond donors (Lipinski definition) is 3. The predicted molar refractivity (Wildman–Crippen MR) is 117 cm³/mol. The van der Waals surface area contributed by atoms with Crippen LogP contribution in [0.25, 0.3) is 0 Å². The average molecular weight is 450 g/mol. The highest BCUT2D eigenvalue weighted by molar-refractivity contribution is 7.92. The number of nitrogens with one attached hydrogen (secondary N) is 3. The maximum Gasteiger partial charge on any atom is 0.263 e. The third-order valence-electron chi connectivity index (χ3n) is 3.60. The van der Waals surface area contributed by atoms with Gasteiger partial charge >= 0.3 is 0 Å². The molecule has 3 rings (SSSR count). The molecule has 0 aliphatic rings. The summed E-state index contributed by atoms with van der Waals surface area (Å²) in [6.07, 6.45) is 1.21. The molecule has 1 heterocycles. The van der Waals surface area contributed by atoms with Crippen LogP contribution in [0.2, 0.25) is 5.02 Å². The van der Waals surface area contributed by atoms with E-state index in [1.54, 1.807) is 30.3 Å². The van der Waals surface area contributed by atoms with Crippen molar-refractivity contribution in [1.29, 1.82) is 0 Å². The second-order valence-corrected chi connectivity index (χ2v) is 8.19. The smallest absolute Gasteiger partial charge is 0.263 e. The van der Waals surface area contributed by atoms with Crippen LogP contribution in [0.3, 0.4) is 0 Å². The molecule has 150 valence electrons. The van der Waals surface area contributed by atoms with Crippen molar-refractivity contribution in [3.05, 3.63) is 65.9 Å². The van der Waals surface area contributed by atoms with E-state index in [9.17, 15) is 8.42 Å². The molecule has 0 bridgehead atoms. The lowest BCUT2D eigenvalue weighted by molar-refractivity contribution is 0.397. The number of halogens is 1. The number of anilines is 3. The number of thiocarbonyl (C=S) groups is 1. The zero-order chi connectivity index (χ0) is 20.9. The molecular weight excluding hydrogens is 434 g/mol. The predicted octanol–water partition coefficient (Wildman–Crippen LogP) is 3.75. The molecule has 2 aromatic carbocycles. The fourth-order valence-corrected chi connectivity index (χ4v) is 3.71. The molecule has 8 nitrogen and oxygen atoms in total. The van der Waals surface area contributed by atoms with Crippen LogP contribution < -0.4 is 20.1 Å². The van der Waals surface area contributed by atoms with E-state index >= 15 is 0 Å². The van der Waals surface area contributed by atoms with Crippen molar-refractivity contribution >= 4 is 56.1 Å². The van der Waals surface area contributed by atoms with E-state index in [1.807, 2.05) is 6.07 Å². The second kappa shape index (κ2) is 9.03. The first-order valence-corrected chi connectivity index (χ1v) is 10.5. The van der Waals surface area contributed by atoms with E-state index in [2.05, 4.69) is 25.3 Å². The molecule has 29 heavy (non-hydrogen) atoms. The SMILES string of the molecule is COc1cc(NS(=O)(=O)c2ccc(NC(=S)Nc3cccc(Cl)c3)cc2)ncn1. The molecule has 0 aliphatic heterocycles. The topological polar surface area (TPSA) is 105 Å². The molecule has 0 spiro atoms. The van der Waals surface area contributed by atoms with Gasteiger partial charge in [0.05, 0.1) is 12.0 Å². The van der Waals surface area contributed by atoms with Crippen LogP contribution in [0.5, 0.6) is 5.88 Å². The summed E-state index contributed by atoms with van der Waals surface area (Å²) < 4.78 is 32.4. The molecule has 0 atom stereocenters.